The maximum absolute atomic E-state index is 14.2. The van der Waals surface area contributed by atoms with Crippen LogP contribution in [0, 0.1) is 34.3 Å². The third-order valence-electron chi connectivity index (χ3n) is 8.11. The summed E-state index contributed by atoms with van der Waals surface area (Å²) in [4.78, 5) is 25.4. The van der Waals surface area contributed by atoms with Crippen LogP contribution in [0.2, 0.25) is 0 Å². The number of nitrogens with zero attached hydrogens (tertiary/aromatic N) is 5. The first-order chi connectivity index (χ1) is 19.2. The Hall–Kier alpha value is -4.04. The molecule has 1 aliphatic carbocycles. The molecule has 3 aliphatic rings. The molecule has 1 saturated carbocycles. The Morgan fingerprint density at radius 2 is 1.85 bits per heavy atom. The molecule has 206 valence electrons. The SMILES string of the molecule is N#Cc1cncc(N2CC3(CN(Cc4ccc(C(NC(=O)C(F)F)(c5ccc(F)c(F)c5)C5CC5)nc4)C3)C2)c1. The van der Waals surface area contributed by atoms with Crippen LogP contribution in [0.3, 0.4) is 0 Å². The van der Waals surface area contributed by atoms with Crippen LogP contribution in [0.4, 0.5) is 23.2 Å². The number of carbonyl (C=O) groups is 1. The number of likely N-dealkylation sites (tertiary alicyclic amines) is 1. The monoisotopic (exact) mass is 550 g/mol. The van der Waals surface area contributed by atoms with Gasteiger partial charge in [0, 0.05) is 50.5 Å². The summed E-state index contributed by atoms with van der Waals surface area (Å²) in [6.45, 7) is 4.23. The van der Waals surface area contributed by atoms with Crippen LogP contribution in [0.25, 0.3) is 0 Å². The standard InChI is InChI=1S/C29H26F4N6O/c30-23-5-4-21(8-24(23)31)29(20-2-3-20,37-27(40)26(32)33)25-6-1-18(11-36-25)13-38-14-28(15-38)16-39(17-28)22-7-19(9-34)10-35-12-22/h1,4-8,10-12,20,26H,2-3,13-17H2,(H,37,40). The summed E-state index contributed by atoms with van der Waals surface area (Å²) in [5.74, 6) is -3.95. The van der Waals surface area contributed by atoms with Gasteiger partial charge in [-0.25, -0.2) is 8.78 Å². The smallest absolute Gasteiger partial charge is 0.315 e. The molecule has 1 N–H and O–H groups in total. The molecule has 2 saturated heterocycles. The van der Waals surface area contributed by atoms with Crippen molar-refractivity contribution < 1.29 is 22.4 Å². The second-order valence-corrected chi connectivity index (χ2v) is 11.1. The Morgan fingerprint density at radius 1 is 1.07 bits per heavy atom. The van der Waals surface area contributed by atoms with Gasteiger partial charge < -0.3 is 10.2 Å². The highest BCUT2D eigenvalue weighted by Gasteiger charge is 2.52. The van der Waals surface area contributed by atoms with Crippen molar-refractivity contribution in [3.63, 3.8) is 0 Å². The highest BCUT2D eigenvalue weighted by molar-refractivity contribution is 5.81. The van der Waals surface area contributed by atoms with Gasteiger partial charge in [0.15, 0.2) is 11.6 Å². The molecule has 3 aromatic rings. The predicted octanol–water partition coefficient (Wildman–Crippen LogP) is 3.98. The molecule has 2 aromatic heterocycles. The number of amides is 1. The van der Waals surface area contributed by atoms with E-state index in [9.17, 15) is 22.4 Å². The van der Waals surface area contributed by atoms with Crippen LogP contribution in [-0.4, -0.2) is 53.4 Å². The lowest BCUT2D eigenvalue weighted by atomic mass is 9.72. The largest absolute Gasteiger partial charge is 0.369 e. The lowest BCUT2D eigenvalue weighted by Gasteiger charge is -2.61. The van der Waals surface area contributed by atoms with Crippen molar-refractivity contribution in [3.8, 4) is 6.07 Å². The van der Waals surface area contributed by atoms with Crippen molar-refractivity contribution in [2.45, 2.75) is 31.4 Å². The lowest BCUT2D eigenvalue weighted by Crippen LogP contribution is -2.72. The van der Waals surface area contributed by atoms with Crippen molar-refractivity contribution in [2.75, 3.05) is 31.1 Å². The first-order valence-corrected chi connectivity index (χ1v) is 13.0. The van der Waals surface area contributed by atoms with E-state index in [4.69, 9.17) is 5.26 Å². The van der Waals surface area contributed by atoms with Gasteiger partial charge in [-0.05, 0) is 54.2 Å². The molecule has 1 amide bonds. The van der Waals surface area contributed by atoms with E-state index in [0.717, 1.165) is 49.6 Å². The molecular formula is C29H26F4N6O. The van der Waals surface area contributed by atoms with Crippen LogP contribution in [0.5, 0.6) is 0 Å². The van der Waals surface area contributed by atoms with E-state index in [1.54, 1.807) is 24.7 Å². The number of alkyl halides is 2. The fourth-order valence-corrected chi connectivity index (χ4v) is 6.17. The number of anilines is 1. The van der Waals surface area contributed by atoms with Gasteiger partial charge in [0.05, 0.1) is 23.1 Å². The number of benzene rings is 1. The van der Waals surface area contributed by atoms with E-state index >= 15 is 0 Å². The van der Waals surface area contributed by atoms with Gasteiger partial charge in [-0.15, -0.1) is 0 Å². The number of nitriles is 1. The summed E-state index contributed by atoms with van der Waals surface area (Å²) >= 11 is 0. The van der Waals surface area contributed by atoms with Crippen molar-refractivity contribution >= 4 is 11.6 Å². The maximum atomic E-state index is 14.2. The Kier molecular flexibility index (Phi) is 6.45. The Bertz CT molecular complexity index is 1470. The van der Waals surface area contributed by atoms with Crippen molar-refractivity contribution in [2.24, 2.45) is 11.3 Å². The summed E-state index contributed by atoms with van der Waals surface area (Å²) < 4.78 is 54.6. The van der Waals surface area contributed by atoms with Crippen molar-refractivity contribution in [1.29, 1.82) is 5.26 Å². The maximum Gasteiger partial charge on any atom is 0.315 e. The Morgan fingerprint density at radius 3 is 2.48 bits per heavy atom. The Labute approximate surface area is 228 Å². The molecular weight excluding hydrogens is 524 g/mol. The zero-order chi connectivity index (χ0) is 28.1. The van der Waals surface area contributed by atoms with Gasteiger partial charge in [0.1, 0.15) is 11.6 Å². The van der Waals surface area contributed by atoms with E-state index in [1.165, 1.54) is 6.07 Å². The average Bonchev–Trinajstić information content (AvgIpc) is 3.76. The molecule has 2 aliphatic heterocycles. The van der Waals surface area contributed by atoms with E-state index in [-0.39, 0.29) is 16.9 Å². The quantitative estimate of drug-likeness (QED) is 0.427. The third kappa shape index (κ3) is 4.66. The third-order valence-corrected chi connectivity index (χ3v) is 8.11. The average molecular weight is 551 g/mol. The van der Waals surface area contributed by atoms with Crippen LogP contribution >= 0.6 is 0 Å². The van der Waals surface area contributed by atoms with E-state index in [0.29, 0.717) is 30.6 Å². The van der Waals surface area contributed by atoms with Gasteiger partial charge in [0.2, 0.25) is 0 Å². The van der Waals surface area contributed by atoms with E-state index in [1.807, 2.05) is 12.1 Å². The molecule has 6 rings (SSSR count). The van der Waals surface area contributed by atoms with Crippen LogP contribution in [0.15, 0.2) is 55.0 Å². The molecule has 1 spiro atoms. The van der Waals surface area contributed by atoms with Gasteiger partial charge in [-0.2, -0.15) is 14.0 Å². The molecule has 1 unspecified atom stereocenters. The molecule has 3 fully saturated rings. The van der Waals surface area contributed by atoms with E-state index in [2.05, 4.69) is 31.2 Å². The van der Waals surface area contributed by atoms with E-state index < -0.39 is 29.5 Å². The predicted molar refractivity (Wildman–Crippen MR) is 137 cm³/mol. The van der Waals surface area contributed by atoms with Gasteiger partial charge in [0.25, 0.3) is 5.91 Å². The number of nitrogens with one attached hydrogen (secondary N) is 1. The first kappa shape index (κ1) is 26.2. The normalized spacial score (nSPS) is 19.4. The summed E-state index contributed by atoms with van der Waals surface area (Å²) in [7, 11) is 0. The second kappa shape index (κ2) is 9.86. The summed E-state index contributed by atoms with van der Waals surface area (Å²) in [6, 6.07) is 10.7. The topological polar surface area (TPSA) is 85.2 Å². The summed E-state index contributed by atoms with van der Waals surface area (Å²) in [5.41, 5.74) is 1.59. The number of aromatic nitrogens is 2. The summed E-state index contributed by atoms with van der Waals surface area (Å²) in [5, 5.41) is 11.5. The lowest BCUT2D eigenvalue weighted by molar-refractivity contribution is -0.133. The van der Waals surface area contributed by atoms with Crippen molar-refractivity contribution in [1.82, 2.24) is 20.2 Å². The number of halogens is 4. The minimum Gasteiger partial charge on any atom is -0.369 e. The molecule has 1 atom stereocenters. The van der Waals surface area contributed by atoms with Crippen LogP contribution in [-0.2, 0) is 16.9 Å². The minimum atomic E-state index is -3.27. The number of hydrogen-bond donors (Lipinski definition) is 1. The zero-order valence-corrected chi connectivity index (χ0v) is 21.5. The van der Waals surface area contributed by atoms with Crippen LogP contribution < -0.4 is 10.2 Å². The number of pyridine rings is 2. The van der Waals surface area contributed by atoms with Crippen LogP contribution in [0.1, 0.15) is 35.2 Å². The molecule has 40 heavy (non-hydrogen) atoms. The molecule has 11 heteroatoms. The molecule has 0 radical (unpaired) electrons. The number of hydrogen-bond acceptors (Lipinski definition) is 6. The highest BCUT2D eigenvalue weighted by atomic mass is 19.3. The molecule has 1 aromatic carbocycles. The summed E-state index contributed by atoms with van der Waals surface area (Å²) in [6.07, 6.45) is 2.94. The van der Waals surface area contributed by atoms with Gasteiger partial charge in [-0.3, -0.25) is 19.7 Å². The zero-order valence-electron chi connectivity index (χ0n) is 21.5. The number of rotatable bonds is 8. The number of carbonyl (C=O) groups excluding carboxylic acids is 1. The molecule has 0 bridgehead atoms. The van der Waals surface area contributed by atoms with Gasteiger partial charge in [-0.1, -0.05) is 12.1 Å². The second-order valence-electron chi connectivity index (χ2n) is 11.1. The fraction of sp³-hybridized carbons (Fsp3) is 0.379. The Balaban J connectivity index is 1.16. The minimum absolute atomic E-state index is 0.179. The van der Waals surface area contributed by atoms with Crippen molar-refractivity contribution in [3.05, 3.63) is 89.0 Å². The highest BCUT2D eigenvalue weighted by Crippen LogP contribution is 2.50. The van der Waals surface area contributed by atoms with Gasteiger partial charge >= 0.3 is 6.43 Å². The molecule has 7 nitrogen and oxygen atoms in total. The fourth-order valence-electron chi connectivity index (χ4n) is 6.17. The molecule has 4 heterocycles. The first-order valence-electron chi connectivity index (χ1n) is 13.0.